The summed E-state index contributed by atoms with van der Waals surface area (Å²) >= 11 is 6.69. The normalized spacial score (nSPS) is 15.5. The second-order valence-corrected chi connectivity index (χ2v) is 8.18. The number of aryl methyl sites for hydroxylation is 2. The number of benzene rings is 1. The molecule has 3 heterocycles. The zero-order valence-corrected chi connectivity index (χ0v) is 17.2. The van der Waals surface area contributed by atoms with Crippen LogP contribution in [0.2, 0.25) is 0 Å². The van der Waals surface area contributed by atoms with E-state index in [2.05, 4.69) is 0 Å². The third-order valence-electron chi connectivity index (χ3n) is 4.59. The van der Waals surface area contributed by atoms with Gasteiger partial charge in [0.15, 0.2) is 4.32 Å². The topological polar surface area (TPSA) is 73.3 Å². The largest absolute Gasteiger partial charge is 0.317 e. The van der Waals surface area contributed by atoms with Gasteiger partial charge in [-0.05, 0) is 62.5 Å². The molecule has 1 fully saturated rings. The number of aromatic nitrogens is 2. The van der Waals surface area contributed by atoms with Crippen LogP contribution in [0.5, 0.6) is 0 Å². The number of nitro groups is 1. The van der Waals surface area contributed by atoms with E-state index >= 15 is 0 Å². The van der Waals surface area contributed by atoms with Gasteiger partial charge in [0, 0.05) is 35.4 Å². The predicted molar refractivity (Wildman–Crippen MR) is 118 cm³/mol. The van der Waals surface area contributed by atoms with Crippen molar-refractivity contribution in [2.75, 3.05) is 5.01 Å². The van der Waals surface area contributed by atoms with Crippen molar-refractivity contribution in [3.8, 4) is 5.69 Å². The summed E-state index contributed by atoms with van der Waals surface area (Å²) in [6.45, 7) is 3.84. The predicted octanol–water partition coefficient (Wildman–Crippen LogP) is 4.34. The maximum Gasteiger partial charge on any atom is 0.285 e. The number of rotatable bonds is 4. The fourth-order valence-corrected chi connectivity index (χ4v) is 4.47. The van der Waals surface area contributed by atoms with Crippen molar-refractivity contribution in [1.29, 1.82) is 0 Å². The van der Waals surface area contributed by atoms with E-state index in [1.807, 2.05) is 38.1 Å². The average Bonchev–Trinajstić information content (AvgIpc) is 3.36. The molecule has 0 unspecified atom stereocenters. The number of thioether (sulfide) groups is 1. The first kappa shape index (κ1) is 19.2. The summed E-state index contributed by atoms with van der Waals surface area (Å²) in [4.78, 5) is 24.2. The molecule has 1 aromatic carbocycles. The zero-order chi connectivity index (χ0) is 20.7. The fraction of sp³-hybridized carbons (Fsp3) is 0.100. The first-order chi connectivity index (χ1) is 13.9. The molecule has 1 aliphatic rings. The molecular weight excluding hydrogens is 408 g/mol. The van der Waals surface area contributed by atoms with Crippen LogP contribution in [0.1, 0.15) is 17.1 Å². The van der Waals surface area contributed by atoms with Crippen molar-refractivity contribution < 1.29 is 9.72 Å². The number of carbonyl (C=O) groups excluding carboxylic acids is 1. The van der Waals surface area contributed by atoms with Crippen LogP contribution >= 0.6 is 24.0 Å². The van der Waals surface area contributed by atoms with E-state index in [0.717, 1.165) is 17.1 Å². The van der Waals surface area contributed by atoms with Crippen molar-refractivity contribution in [3.63, 3.8) is 0 Å². The molecule has 1 saturated heterocycles. The minimum absolute atomic E-state index is 0.00651. The van der Waals surface area contributed by atoms with Crippen LogP contribution in [-0.4, -0.2) is 24.4 Å². The third kappa shape index (κ3) is 3.39. The lowest BCUT2D eigenvalue weighted by molar-refractivity contribution is -0.384. The number of nitro benzene ring substituents is 1. The number of non-ortho nitro benzene ring substituents is 1. The summed E-state index contributed by atoms with van der Waals surface area (Å²) < 4.78 is 4.06. The molecule has 1 aliphatic heterocycles. The Kier molecular flexibility index (Phi) is 4.85. The van der Waals surface area contributed by atoms with Gasteiger partial charge >= 0.3 is 0 Å². The molecule has 0 saturated carbocycles. The van der Waals surface area contributed by atoms with Crippen LogP contribution in [0, 0.1) is 24.0 Å². The van der Waals surface area contributed by atoms with E-state index < -0.39 is 4.92 Å². The molecule has 9 heteroatoms. The van der Waals surface area contributed by atoms with Crippen molar-refractivity contribution in [2.24, 2.45) is 0 Å². The van der Waals surface area contributed by atoms with E-state index in [-0.39, 0.29) is 11.6 Å². The van der Waals surface area contributed by atoms with Crippen molar-refractivity contribution in [2.45, 2.75) is 13.8 Å². The first-order valence-electron chi connectivity index (χ1n) is 8.72. The molecule has 3 aromatic rings. The molecular formula is C20H16N4O3S2. The monoisotopic (exact) mass is 424 g/mol. The average molecular weight is 425 g/mol. The number of thiocarbonyl (C=S) groups is 1. The van der Waals surface area contributed by atoms with Gasteiger partial charge in [-0.15, -0.1) is 0 Å². The van der Waals surface area contributed by atoms with E-state index in [4.69, 9.17) is 12.2 Å². The van der Waals surface area contributed by atoms with Crippen LogP contribution < -0.4 is 5.01 Å². The highest BCUT2D eigenvalue weighted by molar-refractivity contribution is 8.27. The summed E-state index contributed by atoms with van der Waals surface area (Å²) in [6.07, 6.45) is 3.55. The fourth-order valence-electron chi connectivity index (χ4n) is 3.25. The highest BCUT2D eigenvalue weighted by Crippen LogP contribution is 2.33. The quantitative estimate of drug-likeness (QED) is 0.270. The van der Waals surface area contributed by atoms with Gasteiger partial charge in [0.05, 0.1) is 15.5 Å². The van der Waals surface area contributed by atoms with Crippen LogP contribution in [-0.2, 0) is 4.79 Å². The maximum atomic E-state index is 13.1. The van der Waals surface area contributed by atoms with E-state index in [1.165, 1.54) is 28.9 Å². The molecule has 7 nitrogen and oxygen atoms in total. The summed E-state index contributed by atoms with van der Waals surface area (Å²) in [5, 5.41) is 12.6. The van der Waals surface area contributed by atoms with Crippen LogP contribution in [0.15, 0.2) is 59.6 Å². The van der Waals surface area contributed by atoms with Crippen molar-refractivity contribution in [3.05, 3.63) is 86.8 Å². The van der Waals surface area contributed by atoms with E-state index in [0.29, 0.717) is 14.9 Å². The number of carbonyl (C=O) groups is 1. The molecule has 29 heavy (non-hydrogen) atoms. The maximum absolute atomic E-state index is 13.1. The number of amides is 1. The van der Waals surface area contributed by atoms with Crippen LogP contribution in [0.4, 0.5) is 5.69 Å². The van der Waals surface area contributed by atoms with Gasteiger partial charge in [-0.1, -0.05) is 17.8 Å². The van der Waals surface area contributed by atoms with Crippen LogP contribution in [0.25, 0.3) is 11.8 Å². The van der Waals surface area contributed by atoms with Crippen LogP contribution in [0.3, 0.4) is 0 Å². The lowest BCUT2D eigenvalue weighted by atomic mass is 10.2. The Labute approximate surface area is 176 Å². The minimum atomic E-state index is -0.431. The van der Waals surface area contributed by atoms with E-state index in [1.54, 1.807) is 33.6 Å². The van der Waals surface area contributed by atoms with Gasteiger partial charge in [-0.2, -0.15) is 5.01 Å². The second kappa shape index (κ2) is 7.34. The highest BCUT2D eigenvalue weighted by Gasteiger charge is 2.35. The summed E-state index contributed by atoms with van der Waals surface area (Å²) in [6, 6.07) is 13.9. The van der Waals surface area contributed by atoms with E-state index in [9.17, 15) is 14.9 Å². The molecule has 0 aliphatic carbocycles. The van der Waals surface area contributed by atoms with Crippen molar-refractivity contribution in [1.82, 2.24) is 9.24 Å². The van der Waals surface area contributed by atoms with Gasteiger partial charge in [0.1, 0.15) is 0 Å². The number of nitrogens with zero attached hydrogens (tertiary/aromatic N) is 4. The molecule has 0 bridgehead atoms. The third-order valence-corrected chi connectivity index (χ3v) is 5.87. The smallest absolute Gasteiger partial charge is 0.285 e. The molecule has 0 radical (unpaired) electrons. The Balaban J connectivity index is 1.71. The Bertz CT molecular complexity index is 1170. The molecule has 1 amide bonds. The Morgan fingerprint density at radius 3 is 2.52 bits per heavy atom. The standard InChI is InChI=1S/C20H16N4O3S2/c1-13-8-9-14(2)22(13)23-19(25)18(29-20(23)28)12-16-7-4-10-21(16)15-5-3-6-17(11-15)24(26)27/h3-12H,1-2H3/b18-12-. The number of hydrogen-bond donors (Lipinski definition) is 0. The summed E-state index contributed by atoms with van der Waals surface area (Å²) in [5.74, 6) is -0.200. The Morgan fingerprint density at radius 2 is 1.83 bits per heavy atom. The summed E-state index contributed by atoms with van der Waals surface area (Å²) in [5.41, 5.74) is 3.21. The zero-order valence-electron chi connectivity index (χ0n) is 15.6. The van der Waals surface area contributed by atoms with Gasteiger partial charge in [0.25, 0.3) is 11.6 Å². The SMILES string of the molecule is Cc1ccc(C)n1N1C(=O)/C(=C/c2cccn2-c2cccc([N+](=O)[O-])c2)SC1=S. The summed E-state index contributed by atoms with van der Waals surface area (Å²) in [7, 11) is 0. The Hall–Kier alpha value is -3.17. The minimum Gasteiger partial charge on any atom is -0.317 e. The highest BCUT2D eigenvalue weighted by atomic mass is 32.2. The molecule has 2 aromatic heterocycles. The molecule has 0 spiro atoms. The second-order valence-electron chi connectivity index (χ2n) is 6.50. The molecule has 0 atom stereocenters. The van der Waals surface area contributed by atoms with Gasteiger partial charge in [-0.3, -0.25) is 19.6 Å². The van der Waals surface area contributed by atoms with Crippen molar-refractivity contribution >= 4 is 46.0 Å². The lowest BCUT2D eigenvalue weighted by Gasteiger charge is -2.20. The first-order valence-corrected chi connectivity index (χ1v) is 9.94. The number of hydrogen-bond acceptors (Lipinski definition) is 5. The van der Waals surface area contributed by atoms with Gasteiger partial charge < -0.3 is 4.57 Å². The molecule has 4 rings (SSSR count). The van der Waals surface area contributed by atoms with Gasteiger partial charge in [-0.25, -0.2) is 0 Å². The van der Waals surface area contributed by atoms with Gasteiger partial charge in [0.2, 0.25) is 0 Å². The molecule has 0 N–H and O–H groups in total. The molecule has 146 valence electrons. The Morgan fingerprint density at radius 1 is 1.10 bits per heavy atom. The lowest BCUT2D eigenvalue weighted by Crippen LogP contribution is -2.39.